The fraction of sp³-hybridized carbons (Fsp3) is 0.429. The lowest BCUT2D eigenvalue weighted by Crippen LogP contribution is -2.52. The van der Waals surface area contributed by atoms with E-state index in [1.807, 2.05) is 0 Å². The van der Waals surface area contributed by atoms with Crippen molar-refractivity contribution < 1.29 is 28.9 Å². The number of hydrogen-bond donors (Lipinski definition) is 2. The summed E-state index contributed by atoms with van der Waals surface area (Å²) in [6, 6.07) is 5.92. The predicted molar refractivity (Wildman–Crippen MR) is 154 cm³/mol. The van der Waals surface area contributed by atoms with Crippen molar-refractivity contribution in [1.82, 2.24) is 24.1 Å². The highest BCUT2D eigenvalue weighted by Gasteiger charge is 2.36. The zero-order valence-electron chi connectivity index (χ0n) is 24.0. The van der Waals surface area contributed by atoms with E-state index < -0.39 is 40.6 Å². The summed E-state index contributed by atoms with van der Waals surface area (Å²) in [6.07, 6.45) is 2.52. The summed E-state index contributed by atoms with van der Waals surface area (Å²) in [5.41, 5.74) is -3.00. The minimum Gasteiger partial charge on any atom is -0.496 e. The van der Waals surface area contributed by atoms with Crippen LogP contribution in [0.15, 0.2) is 40.2 Å². The van der Waals surface area contributed by atoms with Crippen LogP contribution >= 0.6 is 11.3 Å². The molecule has 43 heavy (non-hydrogen) atoms. The number of carbonyl (C=O) groups is 1. The number of ether oxygens (including phenoxy) is 2. The average Bonchev–Trinajstić information content (AvgIpc) is 3.62. The molecule has 3 aromatic heterocycles. The Morgan fingerprint density at radius 1 is 1.26 bits per heavy atom. The van der Waals surface area contributed by atoms with Crippen molar-refractivity contribution in [1.29, 1.82) is 5.26 Å². The molecule has 0 aliphatic carbocycles. The summed E-state index contributed by atoms with van der Waals surface area (Å²) in [4.78, 5) is 41.6. The molecule has 4 rings (SSSR count). The molecule has 0 bridgehead atoms. The molecule has 228 valence electrons. The number of benzene rings is 1. The monoisotopic (exact) mass is 614 g/mol. The van der Waals surface area contributed by atoms with Crippen molar-refractivity contribution in [3.05, 3.63) is 68.4 Å². The molecule has 4 aromatic rings. The summed E-state index contributed by atoms with van der Waals surface area (Å²) < 4.78 is 28.0. The van der Waals surface area contributed by atoms with E-state index in [2.05, 4.69) is 16.3 Å². The van der Waals surface area contributed by atoms with E-state index in [4.69, 9.17) is 9.47 Å². The number of hydrogen-bond acceptors (Lipinski definition) is 10. The van der Waals surface area contributed by atoms with Crippen LogP contribution in [-0.4, -0.2) is 60.6 Å². The van der Waals surface area contributed by atoms with Crippen LogP contribution in [0, 0.1) is 30.0 Å². The maximum absolute atomic E-state index is 14.5. The third-order valence-electron chi connectivity index (χ3n) is 7.15. The summed E-state index contributed by atoms with van der Waals surface area (Å²) in [5.74, 6) is -2.37. The van der Waals surface area contributed by atoms with Gasteiger partial charge in [0.25, 0.3) is 5.56 Å². The van der Waals surface area contributed by atoms with Gasteiger partial charge < -0.3 is 19.7 Å². The predicted octanol–water partition coefficient (Wildman–Crippen LogP) is 2.75. The number of fused-ring (bicyclic) bond motifs is 1. The molecular formula is C28H31FN6O7S. The lowest BCUT2D eigenvalue weighted by atomic mass is 10.0. The number of aliphatic carboxylic acids is 1. The van der Waals surface area contributed by atoms with Gasteiger partial charge in [-0.3, -0.25) is 9.36 Å². The number of carboxylic acids is 1. The van der Waals surface area contributed by atoms with Crippen molar-refractivity contribution in [3.8, 4) is 16.8 Å². The molecule has 3 heterocycles. The first-order valence-corrected chi connectivity index (χ1v) is 14.1. The SMILES string of the molecule is COc1ccc(F)cc1[C@H](Cn1c(=O)n(C(C)(C)C(=O)O)c(=O)c2c(C)c(-n3nccn3)sc21)OCC(C#N)CCCO. The smallest absolute Gasteiger partial charge is 0.333 e. The Bertz CT molecular complexity index is 1790. The second kappa shape index (κ2) is 12.9. The molecule has 0 saturated carbocycles. The molecule has 0 aliphatic heterocycles. The number of nitrogens with zero attached hydrogens (tertiary/aromatic N) is 6. The summed E-state index contributed by atoms with van der Waals surface area (Å²) in [7, 11) is 1.39. The molecule has 1 aromatic carbocycles. The Morgan fingerprint density at radius 2 is 1.95 bits per heavy atom. The zero-order valence-corrected chi connectivity index (χ0v) is 24.8. The Labute approximate surface area is 248 Å². The molecule has 0 radical (unpaired) electrons. The van der Waals surface area contributed by atoms with Gasteiger partial charge >= 0.3 is 11.7 Å². The summed E-state index contributed by atoms with van der Waals surface area (Å²) >= 11 is 1.05. The molecule has 0 aliphatic rings. The molecule has 2 N–H and O–H groups in total. The summed E-state index contributed by atoms with van der Waals surface area (Å²) in [5, 5.41) is 37.6. The zero-order chi connectivity index (χ0) is 31.5. The van der Waals surface area contributed by atoms with E-state index in [-0.39, 0.29) is 41.3 Å². The molecule has 0 saturated heterocycles. The number of aryl methyl sites for hydroxylation is 1. The third-order valence-corrected chi connectivity index (χ3v) is 8.43. The van der Waals surface area contributed by atoms with Gasteiger partial charge in [0.05, 0.1) is 50.0 Å². The van der Waals surface area contributed by atoms with Crippen molar-refractivity contribution in [3.63, 3.8) is 0 Å². The Morgan fingerprint density at radius 3 is 2.56 bits per heavy atom. The van der Waals surface area contributed by atoms with Crippen LogP contribution in [0.4, 0.5) is 4.39 Å². The van der Waals surface area contributed by atoms with Gasteiger partial charge in [-0.25, -0.2) is 18.5 Å². The molecule has 15 heteroatoms. The normalized spacial score (nSPS) is 13.1. The number of carboxylic acid groups (broad SMARTS) is 1. The molecule has 0 fully saturated rings. The maximum atomic E-state index is 14.5. The first kappa shape index (κ1) is 31.5. The standard InChI is InChI=1S/C28H31FN6O7S/c1-16-22-23(37)34(28(2,3)26(38)39)27(40)33(25(22)43-24(16)35-31-9-10-32-35)14-21(42-15-17(13-30)6-5-11-36)19-12-18(29)7-8-20(19)41-4/h7-10,12,17,21,36H,5-6,11,14-15H2,1-4H3,(H,38,39)/t17?,21-/m0/s1. The van der Waals surface area contributed by atoms with Crippen LogP contribution in [0.2, 0.25) is 0 Å². The van der Waals surface area contributed by atoms with Crippen molar-refractivity contribution in [2.45, 2.75) is 51.8 Å². The van der Waals surface area contributed by atoms with Crippen LogP contribution in [0.25, 0.3) is 15.2 Å². The van der Waals surface area contributed by atoms with E-state index in [1.165, 1.54) is 60.9 Å². The van der Waals surface area contributed by atoms with Crippen molar-refractivity contribution in [2.75, 3.05) is 20.3 Å². The van der Waals surface area contributed by atoms with Gasteiger partial charge in [-0.2, -0.15) is 15.5 Å². The topological polar surface area (TPSA) is 174 Å². The van der Waals surface area contributed by atoms with Gasteiger partial charge in [0.1, 0.15) is 33.0 Å². The molecule has 1 unspecified atom stereocenters. The van der Waals surface area contributed by atoms with Crippen LogP contribution in [-0.2, 0) is 21.6 Å². The van der Waals surface area contributed by atoms with Gasteiger partial charge in [0, 0.05) is 17.7 Å². The van der Waals surface area contributed by atoms with Crippen molar-refractivity contribution in [2.24, 2.45) is 5.92 Å². The number of nitriles is 1. The number of aromatic nitrogens is 5. The maximum Gasteiger partial charge on any atom is 0.333 e. The van der Waals surface area contributed by atoms with Gasteiger partial charge in [-0.05, 0) is 51.8 Å². The van der Waals surface area contributed by atoms with Gasteiger partial charge in [0.15, 0.2) is 0 Å². The molecule has 13 nitrogen and oxygen atoms in total. The number of rotatable bonds is 13. The third kappa shape index (κ3) is 6.07. The Hall–Kier alpha value is -4.39. The Balaban J connectivity index is 1.98. The van der Waals surface area contributed by atoms with E-state index in [0.29, 0.717) is 28.0 Å². The van der Waals surface area contributed by atoms with Crippen LogP contribution in [0.3, 0.4) is 0 Å². The van der Waals surface area contributed by atoms with Crippen LogP contribution < -0.4 is 16.0 Å². The highest BCUT2D eigenvalue weighted by Crippen LogP contribution is 2.34. The lowest BCUT2D eigenvalue weighted by molar-refractivity contribution is -0.146. The molecule has 2 atom stereocenters. The van der Waals surface area contributed by atoms with E-state index >= 15 is 0 Å². The Kier molecular flexibility index (Phi) is 9.43. The van der Waals surface area contributed by atoms with Crippen LogP contribution in [0.1, 0.15) is 43.9 Å². The number of methoxy groups -OCH3 is 1. The number of thiophene rings is 1. The van der Waals surface area contributed by atoms with E-state index in [9.17, 15) is 34.2 Å². The first-order valence-electron chi connectivity index (χ1n) is 13.3. The number of aliphatic hydroxyl groups excluding tert-OH is 1. The summed E-state index contributed by atoms with van der Waals surface area (Å²) in [6.45, 7) is 3.61. The van der Waals surface area contributed by atoms with Crippen LogP contribution in [0.5, 0.6) is 5.75 Å². The second-order valence-electron chi connectivity index (χ2n) is 10.3. The minimum atomic E-state index is -1.94. The fourth-order valence-electron chi connectivity index (χ4n) is 4.71. The van der Waals surface area contributed by atoms with Gasteiger partial charge in [-0.1, -0.05) is 11.3 Å². The van der Waals surface area contributed by atoms with Crippen molar-refractivity contribution >= 4 is 27.5 Å². The number of aliphatic hydroxyl groups is 1. The van der Waals surface area contributed by atoms with E-state index in [1.54, 1.807) is 6.92 Å². The molecule has 0 amide bonds. The quantitative estimate of drug-likeness (QED) is 0.228. The lowest BCUT2D eigenvalue weighted by Gasteiger charge is -2.26. The van der Waals surface area contributed by atoms with Gasteiger partial charge in [0.2, 0.25) is 0 Å². The largest absolute Gasteiger partial charge is 0.496 e. The van der Waals surface area contributed by atoms with E-state index in [0.717, 1.165) is 11.3 Å². The average molecular weight is 615 g/mol. The second-order valence-corrected chi connectivity index (χ2v) is 11.3. The molecular weight excluding hydrogens is 583 g/mol. The fourth-order valence-corrected chi connectivity index (χ4v) is 5.93. The highest BCUT2D eigenvalue weighted by molar-refractivity contribution is 7.21. The van der Waals surface area contributed by atoms with Gasteiger partial charge in [-0.15, -0.1) is 4.80 Å². The molecule has 0 spiro atoms. The first-order chi connectivity index (χ1) is 20.5. The highest BCUT2D eigenvalue weighted by atomic mass is 32.1. The minimum absolute atomic E-state index is 0.0917. The number of halogens is 1.